The molecular formula is C85H72N2. The summed E-state index contributed by atoms with van der Waals surface area (Å²) in [7, 11) is 0. The molecular weight excluding hydrogens is 1050 g/mol. The molecule has 0 atom stereocenters. The highest BCUT2D eigenvalue weighted by Crippen LogP contribution is 2.67. The van der Waals surface area contributed by atoms with Crippen LogP contribution in [-0.2, 0) is 29.1 Å². The lowest BCUT2D eigenvalue weighted by atomic mass is 9.61. The predicted octanol–water partition coefficient (Wildman–Crippen LogP) is 21.7. The van der Waals surface area contributed by atoms with E-state index in [1.54, 1.807) is 0 Å². The quantitative estimate of drug-likeness (QED) is 0.107. The van der Waals surface area contributed by atoms with Crippen molar-refractivity contribution in [2.45, 2.75) is 82.5 Å². The maximum atomic E-state index is 2.67. The van der Waals surface area contributed by atoms with Crippen molar-refractivity contribution in [1.29, 1.82) is 0 Å². The maximum absolute atomic E-state index is 2.67. The van der Waals surface area contributed by atoms with E-state index in [0.717, 1.165) is 49.9 Å². The van der Waals surface area contributed by atoms with Crippen molar-refractivity contribution < 1.29 is 0 Å². The monoisotopic (exact) mass is 1120 g/mol. The molecule has 0 fully saturated rings. The molecule has 0 aromatic heterocycles. The van der Waals surface area contributed by atoms with Gasteiger partial charge in [0.2, 0.25) is 0 Å². The van der Waals surface area contributed by atoms with Crippen LogP contribution in [0.5, 0.6) is 0 Å². The summed E-state index contributed by atoms with van der Waals surface area (Å²) >= 11 is 0. The Kier molecular flexibility index (Phi) is 13.6. The summed E-state index contributed by atoms with van der Waals surface area (Å²) in [6, 6.07) is 112. The lowest BCUT2D eigenvalue weighted by molar-refractivity contribution is 0.721. The Morgan fingerprint density at radius 2 is 0.552 bits per heavy atom. The molecule has 0 amide bonds. The molecule has 0 spiro atoms. The van der Waals surface area contributed by atoms with E-state index in [1.165, 1.54) is 123 Å². The van der Waals surface area contributed by atoms with Gasteiger partial charge in [-0.05, 0) is 189 Å². The fourth-order valence-corrected chi connectivity index (χ4v) is 15.6. The number of benzene rings is 12. The SMILES string of the molecule is CCCCc1ccc(C2(c3ccc(CCCC)cc3)c3cc4c(cc3-c3cc5c(cc32)N(c2ccccc2)c2ccc(C)cc2C5(c2ccccc2)c2ccccc2)C(c2ccccc2)(c2ccccc2)c2cc(C)ccc2N4c2ccccc2)cc1. The molecule has 2 heteroatoms. The minimum absolute atomic E-state index is 0.737. The van der Waals surface area contributed by atoms with Crippen LogP contribution in [-0.4, -0.2) is 0 Å². The second-order valence-corrected chi connectivity index (χ2v) is 24.5. The van der Waals surface area contributed by atoms with Crippen molar-refractivity contribution in [2.24, 2.45) is 0 Å². The van der Waals surface area contributed by atoms with Gasteiger partial charge in [-0.15, -0.1) is 0 Å². The first kappa shape index (κ1) is 53.9. The second kappa shape index (κ2) is 21.9. The zero-order valence-electron chi connectivity index (χ0n) is 50.3. The van der Waals surface area contributed by atoms with E-state index in [-0.39, 0.29) is 0 Å². The summed E-state index contributed by atoms with van der Waals surface area (Å²) in [6.45, 7) is 9.11. The number of fused-ring (bicyclic) bond motifs is 7. The Labute approximate surface area is 514 Å². The summed E-state index contributed by atoms with van der Waals surface area (Å²) in [6.07, 6.45) is 6.68. The highest BCUT2D eigenvalue weighted by Gasteiger charge is 2.54. The number of hydrogen-bond acceptors (Lipinski definition) is 2. The molecule has 3 aliphatic rings. The molecule has 2 nitrogen and oxygen atoms in total. The fraction of sp³-hybridized carbons (Fsp3) is 0.153. The van der Waals surface area contributed by atoms with E-state index in [4.69, 9.17) is 0 Å². The van der Waals surface area contributed by atoms with Gasteiger partial charge in [-0.25, -0.2) is 0 Å². The van der Waals surface area contributed by atoms with Gasteiger partial charge in [0.15, 0.2) is 0 Å². The number of aryl methyl sites for hydroxylation is 4. The molecule has 1 aliphatic carbocycles. The van der Waals surface area contributed by atoms with Crippen molar-refractivity contribution in [3.63, 3.8) is 0 Å². The summed E-state index contributed by atoms with van der Waals surface area (Å²) in [4.78, 5) is 5.17. The fourth-order valence-electron chi connectivity index (χ4n) is 15.6. The van der Waals surface area contributed by atoms with Gasteiger partial charge >= 0.3 is 0 Å². The number of hydrogen-bond donors (Lipinski definition) is 0. The summed E-state index contributed by atoms with van der Waals surface area (Å²) in [5.74, 6) is 0. The van der Waals surface area contributed by atoms with Crippen LogP contribution in [0, 0.1) is 13.8 Å². The Morgan fingerprint density at radius 1 is 0.264 bits per heavy atom. The van der Waals surface area contributed by atoms with E-state index in [2.05, 4.69) is 329 Å². The third kappa shape index (κ3) is 8.36. The van der Waals surface area contributed by atoms with Gasteiger partial charge in [-0.2, -0.15) is 0 Å². The van der Waals surface area contributed by atoms with Crippen molar-refractivity contribution >= 4 is 34.1 Å². The summed E-state index contributed by atoms with van der Waals surface area (Å²) in [5, 5.41) is 0. The molecule has 0 bridgehead atoms. The van der Waals surface area contributed by atoms with E-state index in [9.17, 15) is 0 Å². The Hall–Kier alpha value is -9.76. The molecule has 15 rings (SSSR count). The topological polar surface area (TPSA) is 6.48 Å². The summed E-state index contributed by atoms with van der Waals surface area (Å²) in [5.41, 5.74) is 27.3. The number of rotatable bonds is 14. The number of anilines is 6. The molecule has 2 heterocycles. The number of nitrogens with zero attached hydrogens (tertiary/aromatic N) is 2. The summed E-state index contributed by atoms with van der Waals surface area (Å²) < 4.78 is 0. The average molecular weight is 1120 g/mol. The van der Waals surface area contributed by atoms with Gasteiger partial charge in [0, 0.05) is 11.4 Å². The van der Waals surface area contributed by atoms with Crippen LogP contribution in [0.2, 0.25) is 0 Å². The second-order valence-electron chi connectivity index (χ2n) is 24.5. The molecule has 12 aromatic rings. The van der Waals surface area contributed by atoms with Crippen LogP contribution >= 0.6 is 0 Å². The van der Waals surface area contributed by atoms with Crippen LogP contribution in [0.4, 0.5) is 34.1 Å². The first-order valence-electron chi connectivity index (χ1n) is 31.6. The van der Waals surface area contributed by atoms with Crippen LogP contribution in [0.25, 0.3) is 11.1 Å². The smallest absolute Gasteiger partial charge is 0.0742 e. The molecule has 0 radical (unpaired) electrons. The van der Waals surface area contributed by atoms with Gasteiger partial charge in [-0.3, -0.25) is 0 Å². The predicted molar refractivity (Wildman–Crippen MR) is 364 cm³/mol. The molecule has 0 saturated heterocycles. The average Bonchev–Trinajstić information content (AvgIpc) is 1.64. The molecule has 0 unspecified atom stereocenters. The highest BCUT2D eigenvalue weighted by atomic mass is 15.2. The Bertz CT molecular complexity index is 4090. The van der Waals surface area contributed by atoms with Crippen molar-refractivity contribution in [3.05, 3.63) is 380 Å². The first-order valence-corrected chi connectivity index (χ1v) is 31.6. The van der Waals surface area contributed by atoms with Crippen LogP contribution < -0.4 is 9.80 Å². The minimum Gasteiger partial charge on any atom is -0.310 e. The molecule has 422 valence electrons. The van der Waals surface area contributed by atoms with Crippen LogP contribution in [0.1, 0.15) is 129 Å². The van der Waals surface area contributed by atoms with Gasteiger partial charge in [0.25, 0.3) is 0 Å². The highest BCUT2D eigenvalue weighted by molar-refractivity contribution is 5.99. The van der Waals surface area contributed by atoms with Crippen LogP contribution in [0.15, 0.2) is 291 Å². The van der Waals surface area contributed by atoms with Gasteiger partial charge in [-0.1, -0.05) is 268 Å². The largest absolute Gasteiger partial charge is 0.310 e. The van der Waals surface area contributed by atoms with Gasteiger partial charge < -0.3 is 9.80 Å². The first-order chi connectivity index (χ1) is 42.9. The third-order valence-electron chi connectivity index (χ3n) is 19.5. The van der Waals surface area contributed by atoms with Crippen LogP contribution in [0.3, 0.4) is 0 Å². The molecule has 12 aromatic carbocycles. The zero-order chi connectivity index (χ0) is 58.7. The zero-order valence-corrected chi connectivity index (χ0v) is 50.3. The number of para-hydroxylation sites is 2. The van der Waals surface area contributed by atoms with E-state index < -0.39 is 16.2 Å². The van der Waals surface area contributed by atoms with E-state index in [0.29, 0.717) is 0 Å². The maximum Gasteiger partial charge on any atom is 0.0742 e. The van der Waals surface area contributed by atoms with Crippen molar-refractivity contribution in [1.82, 2.24) is 0 Å². The van der Waals surface area contributed by atoms with Gasteiger partial charge in [0.05, 0.1) is 39.0 Å². The molecule has 87 heavy (non-hydrogen) atoms. The number of unbranched alkanes of at least 4 members (excludes halogenated alkanes) is 2. The van der Waals surface area contributed by atoms with E-state index >= 15 is 0 Å². The Balaban J connectivity index is 1.16. The third-order valence-corrected chi connectivity index (χ3v) is 19.5. The lowest BCUT2D eigenvalue weighted by Gasteiger charge is -2.47. The van der Waals surface area contributed by atoms with E-state index in [1.807, 2.05) is 0 Å². The lowest BCUT2D eigenvalue weighted by Crippen LogP contribution is -2.38. The minimum atomic E-state index is -0.794. The molecule has 2 aliphatic heterocycles. The van der Waals surface area contributed by atoms with Gasteiger partial charge in [0.1, 0.15) is 0 Å². The molecule has 0 saturated carbocycles. The molecule has 0 N–H and O–H groups in total. The normalized spacial score (nSPS) is 14.5. The van der Waals surface area contributed by atoms with Crippen molar-refractivity contribution in [3.8, 4) is 11.1 Å². The standard InChI is InChI=1S/C85H72N2/c1-5-7-27-61-43-47-67(48-44-61)83(68-49-45-62(46-50-68)28-8-6-2)73-57-81-77(84(63-29-15-9-16-30-63,64-31-17-10-18-32-64)75-53-59(3)41-51-79(75)86(81)69-37-23-13-24-38-69)55-71(73)72-56-78-82(58-74(72)83)87(70-39-25-14-26-40-70)80-52-42-60(4)54-76(80)85(78,65-33-19-11-20-34-65)66-35-21-12-22-36-66/h9-26,29-58H,5-8,27-28H2,1-4H3. The van der Waals surface area contributed by atoms with Crippen molar-refractivity contribution in [2.75, 3.05) is 9.80 Å². The Morgan fingerprint density at radius 3 is 0.874 bits per heavy atom.